The molecule has 0 aliphatic carbocycles. The number of para-hydroxylation sites is 1. The SMILES string of the molecule is O=C(Nc1n[nH]c2ccccc12)c1c(O)cccc1O. The van der Waals surface area contributed by atoms with E-state index in [0.717, 1.165) is 10.9 Å². The van der Waals surface area contributed by atoms with Crippen molar-refractivity contribution in [1.82, 2.24) is 10.2 Å². The van der Waals surface area contributed by atoms with Crippen LogP contribution in [-0.2, 0) is 0 Å². The van der Waals surface area contributed by atoms with E-state index in [4.69, 9.17) is 0 Å². The third-order valence-corrected chi connectivity index (χ3v) is 2.95. The molecule has 3 rings (SSSR count). The lowest BCUT2D eigenvalue weighted by Gasteiger charge is -2.06. The minimum absolute atomic E-state index is 0.181. The number of H-pyrrole nitrogens is 1. The molecule has 0 saturated carbocycles. The Balaban J connectivity index is 1.97. The molecule has 0 fully saturated rings. The van der Waals surface area contributed by atoms with Crippen LogP contribution in [0.3, 0.4) is 0 Å². The number of anilines is 1. The van der Waals surface area contributed by atoms with Gasteiger partial charge < -0.3 is 15.5 Å². The number of aromatic hydroxyl groups is 2. The van der Waals surface area contributed by atoms with Gasteiger partial charge in [0.05, 0.1) is 5.52 Å². The Morgan fingerprint density at radius 2 is 1.75 bits per heavy atom. The molecule has 0 saturated heterocycles. The van der Waals surface area contributed by atoms with E-state index in [-0.39, 0.29) is 17.1 Å². The molecule has 0 atom stereocenters. The van der Waals surface area contributed by atoms with Crippen molar-refractivity contribution in [2.45, 2.75) is 0 Å². The van der Waals surface area contributed by atoms with E-state index < -0.39 is 5.91 Å². The predicted molar refractivity (Wildman–Crippen MR) is 73.8 cm³/mol. The lowest BCUT2D eigenvalue weighted by molar-refractivity contribution is 0.102. The van der Waals surface area contributed by atoms with Crippen molar-refractivity contribution in [1.29, 1.82) is 0 Å². The van der Waals surface area contributed by atoms with E-state index in [0.29, 0.717) is 5.82 Å². The van der Waals surface area contributed by atoms with Crippen molar-refractivity contribution in [2.75, 3.05) is 5.32 Å². The van der Waals surface area contributed by atoms with Crippen LogP contribution in [0.25, 0.3) is 10.9 Å². The highest BCUT2D eigenvalue weighted by Gasteiger charge is 2.18. The van der Waals surface area contributed by atoms with E-state index in [1.165, 1.54) is 18.2 Å². The Morgan fingerprint density at radius 3 is 2.50 bits per heavy atom. The lowest BCUT2D eigenvalue weighted by Crippen LogP contribution is -2.12. The summed E-state index contributed by atoms with van der Waals surface area (Å²) in [6.45, 7) is 0. The maximum absolute atomic E-state index is 12.1. The fraction of sp³-hybridized carbons (Fsp3) is 0. The summed E-state index contributed by atoms with van der Waals surface area (Å²) in [6.07, 6.45) is 0. The number of carbonyl (C=O) groups is 1. The Bertz CT molecular complexity index is 775. The lowest BCUT2D eigenvalue weighted by atomic mass is 10.1. The Hall–Kier alpha value is -3.02. The molecule has 0 unspecified atom stereocenters. The van der Waals surface area contributed by atoms with Crippen molar-refractivity contribution >= 4 is 22.6 Å². The summed E-state index contributed by atoms with van der Waals surface area (Å²) in [5.74, 6) is -0.865. The van der Waals surface area contributed by atoms with Gasteiger partial charge in [-0.2, -0.15) is 5.10 Å². The van der Waals surface area contributed by atoms with Crippen LogP contribution in [-0.4, -0.2) is 26.3 Å². The van der Waals surface area contributed by atoms with Crippen LogP contribution in [0.2, 0.25) is 0 Å². The number of amides is 1. The van der Waals surface area contributed by atoms with E-state index in [1.807, 2.05) is 18.2 Å². The van der Waals surface area contributed by atoms with Gasteiger partial charge in [-0.15, -0.1) is 0 Å². The number of rotatable bonds is 2. The molecule has 0 aliphatic rings. The van der Waals surface area contributed by atoms with Gasteiger partial charge in [-0.25, -0.2) is 0 Å². The fourth-order valence-electron chi connectivity index (χ4n) is 1.99. The average Bonchev–Trinajstić information content (AvgIpc) is 2.82. The normalized spacial score (nSPS) is 10.6. The predicted octanol–water partition coefficient (Wildman–Crippen LogP) is 2.23. The van der Waals surface area contributed by atoms with Crippen molar-refractivity contribution in [3.63, 3.8) is 0 Å². The molecular weight excluding hydrogens is 258 g/mol. The van der Waals surface area contributed by atoms with Gasteiger partial charge in [0.2, 0.25) is 0 Å². The van der Waals surface area contributed by atoms with Crippen LogP contribution in [0.15, 0.2) is 42.5 Å². The first-order chi connectivity index (χ1) is 9.66. The second-order valence-electron chi connectivity index (χ2n) is 4.24. The number of hydrogen-bond acceptors (Lipinski definition) is 4. The summed E-state index contributed by atoms with van der Waals surface area (Å²) < 4.78 is 0. The largest absolute Gasteiger partial charge is 0.507 e. The molecule has 20 heavy (non-hydrogen) atoms. The second-order valence-corrected chi connectivity index (χ2v) is 4.24. The number of phenols is 2. The third-order valence-electron chi connectivity index (χ3n) is 2.95. The summed E-state index contributed by atoms with van der Waals surface area (Å²) in [5.41, 5.74) is 0.601. The summed E-state index contributed by atoms with van der Waals surface area (Å²) in [6, 6.07) is 11.4. The van der Waals surface area contributed by atoms with Gasteiger partial charge >= 0.3 is 0 Å². The first-order valence-electron chi connectivity index (χ1n) is 5.92. The van der Waals surface area contributed by atoms with Crippen molar-refractivity contribution in [3.8, 4) is 11.5 Å². The minimum Gasteiger partial charge on any atom is -0.507 e. The summed E-state index contributed by atoms with van der Waals surface area (Å²) in [4.78, 5) is 12.1. The maximum Gasteiger partial charge on any atom is 0.264 e. The van der Waals surface area contributed by atoms with Gasteiger partial charge in [-0.1, -0.05) is 18.2 Å². The van der Waals surface area contributed by atoms with Crippen molar-refractivity contribution < 1.29 is 15.0 Å². The molecule has 0 bridgehead atoms. The number of hydrogen-bond donors (Lipinski definition) is 4. The zero-order chi connectivity index (χ0) is 14.1. The molecular formula is C14H11N3O3. The fourth-order valence-corrected chi connectivity index (χ4v) is 1.99. The molecule has 6 nitrogen and oxygen atoms in total. The number of carbonyl (C=O) groups excluding carboxylic acids is 1. The Morgan fingerprint density at radius 1 is 1.05 bits per heavy atom. The van der Waals surface area contributed by atoms with Crippen LogP contribution in [0.5, 0.6) is 11.5 Å². The van der Waals surface area contributed by atoms with Gasteiger partial charge in [0.25, 0.3) is 5.91 Å². The number of aromatic amines is 1. The van der Waals surface area contributed by atoms with Crippen LogP contribution >= 0.6 is 0 Å². The number of nitrogens with one attached hydrogen (secondary N) is 2. The van der Waals surface area contributed by atoms with Crippen LogP contribution in [0, 0.1) is 0 Å². The summed E-state index contributed by atoms with van der Waals surface area (Å²) >= 11 is 0. The first kappa shape index (κ1) is 12.0. The van der Waals surface area contributed by atoms with Gasteiger partial charge in [0.1, 0.15) is 17.1 Å². The minimum atomic E-state index is -0.627. The molecule has 0 aliphatic heterocycles. The molecule has 1 amide bonds. The molecule has 0 spiro atoms. The molecule has 6 heteroatoms. The standard InChI is InChI=1S/C14H11N3O3/c18-10-6-3-7-11(19)12(10)14(20)15-13-8-4-1-2-5-9(8)16-17-13/h1-7,18-19H,(H2,15,16,17,20). The number of benzene rings is 2. The van der Waals surface area contributed by atoms with Crippen molar-refractivity contribution in [3.05, 3.63) is 48.0 Å². The first-order valence-corrected chi connectivity index (χ1v) is 5.92. The highest BCUT2D eigenvalue weighted by Crippen LogP contribution is 2.28. The molecule has 0 radical (unpaired) electrons. The maximum atomic E-state index is 12.1. The quantitative estimate of drug-likeness (QED) is 0.573. The zero-order valence-corrected chi connectivity index (χ0v) is 10.3. The van der Waals surface area contributed by atoms with E-state index in [2.05, 4.69) is 15.5 Å². The Labute approximate surface area is 113 Å². The number of phenolic OH excluding ortho intramolecular Hbond substituents is 2. The second kappa shape index (κ2) is 4.58. The molecule has 3 aromatic rings. The topological polar surface area (TPSA) is 98.2 Å². The van der Waals surface area contributed by atoms with Gasteiger partial charge in [-0.3, -0.25) is 9.89 Å². The van der Waals surface area contributed by atoms with Crippen LogP contribution < -0.4 is 5.32 Å². The smallest absolute Gasteiger partial charge is 0.264 e. The van der Waals surface area contributed by atoms with Gasteiger partial charge in [0.15, 0.2) is 5.82 Å². The van der Waals surface area contributed by atoms with Crippen LogP contribution in [0.4, 0.5) is 5.82 Å². The highest BCUT2D eigenvalue weighted by molar-refractivity contribution is 6.10. The molecule has 100 valence electrons. The molecule has 1 aromatic heterocycles. The number of fused-ring (bicyclic) bond motifs is 1. The highest BCUT2D eigenvalue weighted by atomic mass is 16.3. The number of aromatic nitrogens is 2. The van der Waals surface area contributed by atoms with E-state index in [9.17, 15) is 15.0 Å². The molecule has 1 heterocycles. The van der Waals surface area contributed by atoms with E-state index >= 15 is 0 Å². The summed E-state index contributed by atoms with van der Waals surface area (Å²) in [7, 11) is 0. The number of nitrogens with zero attached hydrogens (tertiary/aromatic N) is 1. The monoisotopic (exact) mass is 269 g/mol. The molecule has 4 N–H and O–H groups in total. The molecule has 2 aromatic carbocycles. The average molecular weight is 269 g/mol. The zero-order valence-electron chi connectivity index (χ0n) is 10.3. The Kier molecular flexibility index (Phi) is 2.76. The summed E-state index contributed by atoms with van der Waals surface area (Å²) in [5, 5.41) is 29.4. The van der Waals surface area contributed by atoms with Crippen molar-refractivity contribution in [2.24, 2.45) is 0 Å². The van der Waals surface area contributed by atoms with Gasteiger partial charge in [-0.05, 0) is 24.3 Å². The third kappa shape index (κ3) is 1.93. The van der Waals surface area contributed by atoms with Crippen LogP contribution in [0.1, 0.15) is 10.4 Å². The van der Waals surface area contributed by atoms with E-state index in [1.54, 1.807) is 6.07 Å². The van der Waals surface area contributed by atoms with Gasteiger partial charge in [0, 0.05) is 5.39 Å².